The van der Waals surface area contributed by atoms with Gasteiger partial charge in [-0.05, 0) is 48.6 Å². The number of hydrogen-bond donors (Lipinski definition) is 1. The molecule has 1 atom stereocenters. The molecule has 0 heterocycles. The molecule has 3 aromatic carbocycles. The fourth-order valence-corrected chi connectivity index (χ4v) is 5.90. The Balaban J connectivity index is 1.55. The molecule has 0 aliphatic heterocycles. The third-order valence-electron chi connectivity index (χ3n) is 7.10. The van der Waals surface area contributed by atoms with Gasteiger partial charge in [-0.1, -0.05) is 103 Å². The highest BCUT2D eigenvalue weighted by molar-refractivity contribution is 7.99. The molecule has 1 aliphatic rings. The van der Waals surface area contributed by atoms with Crippen LogP contribution in [0.15, 0.2) is 78.9 Å². The van der Waals surface area contributed by atoms with Crippen LogP contribution >= 0.6 is 23.4 Å². The van der Waals surface area contributed by atoms with Gasteiger partial charge in [0.05, 0.1) is 5.75 Å². The summed E-state index contributed by atoms with van der Waals surface area (Å²) >= 11 is 7.59. The molecule has 0 radical (unpaired) electrons. The van der Waals surface area contributed by atoms with Crippen molar-refractivity contribution in [3.63, 3.8) is 0 Å². The van der Waals surface area contributed by atoms with Crippen molar-refractivity contribution in [2.24, 2.45) is 0 Å². The van der Waals surface area contributed by atoms with E-state index in [1.165, 1.54) is 12.0 Å². The maximum absolute atomic E-state index is 13.8. The minimum absolute atomic E-state index is 0.0238. The molecule has 6 heteroatoms. The lowest BCUT2D eigenvalue weighted by Crippen LogP contribution is -2.53. The van der Waals surface area contributed by atoms with Crippen LogP contribution in [0.5, 0.6) is 0 Å². The molecule has 4 rings (SSSR count). The van der Waals surface area contributed by atoms with E-state index >= 15 is 0 Å². The molecule has 0 spiro atoms. The van der Waals surface area contributed by atoms with E-state index in [0.717, 1.165) is 42.4 Å². The number of nitrogens with zero attached hydrogens (tertiary/aromatic N) is 1. The van der Waals surface area contributed by atoms with Crippen molar-refractivity contribution in [1.82, 2.24) is 10.2 Å². The van der Waals surface area contributed by atoms with Gasteiger partial charge < -0.3 is 10.2 Å². The van der Waals surface area contributed by atoms with E-state index in [1.807, 2.05) is 54.6 Å². The van der Waals surface area contributed by atoms with Crippen molar-refractivity contribution in [3.05, 3.63) is 106 Å². The fourth-order valence-electron chi connectivity index (χ4n) is 4.91. The quantitative estimate of drug-likeness (QED) is 0.281. The number of halogens is 1. The van der Waals surface area contributed by atoms with E-state index in [4.69, 9.17) is 11.6 Å². The Morgan fingerprint density at radius 1 is 0.895 bits per heavy atom. The van der Waals surface area contributed by atoms with Crippen molar-refractivity contribution in [2.75, 3.05) is 5.75 Å². The van der Waals surface area contributed by atoms with Gasteiger partial charge in [0.15, 0.2) is 0 Å². The maximum Gasteiger partial charge on any atom is 0.243 e. The Morgan fingerprint density at radius 2 is 1.55 bits per heavy atom. The van der Waals surface area contributed by atoms with Gasteiger partial charge in [0.2, 0.25) is 11.8 Å². The lowest BCUT2D eigenvalue weighted by molar-refractivity contribution is -0.139. The van der Waals surface area contributed by atoms with Crippen molar-refractivity contribution < 1.29 is 9.59 Å². The molecule has 1 saturated carbocycles. The zero-order valence-electron chi connectivity index (χ0n) is 22.1. The van der Waals surface area contributed by atoms with Crippen molar-refractivity contribution in [2.45, 2.75) is 69.8 Å². The highest BCUT2D eigenvalue weighted by atomic mass is 35.5. The van der Waals surface area contributed by atoms with E-state index in [1.54, 1.807) is 16.7 Å². The molecule has 0 aromatic heterocycles. The Bertz CT molecular complexity index is 1160. The van der Waals surface area contributed by atoms with Gasteiger partial charge in [-0.2, -0.15) is 0 Å². The van der Waals surface area contributed by atoms with E-state index in [0.29, 0.717) is 29.5 Å². The molecule has 1 unspecified atom stereocenters. The predicted octanol–water partition coefficient (Wildman–Crippen LogP) is 6.97. The third-order valence-corrected chi connectivity index (χ3v) is 8.34. The summed E-state index contributed by atoms with van der Waals surface area (Å²) in [4.78, 5) is 29.4. The highest BCUT2D eigenvalue weighted by Crippen LogP contribution is 2.22. The minimum atomic E-state index is -0.579. The standard InChI is InChI=1S/C32H37ClN2O2S/c1-24-12-14-26(15-13-24)21-35(31(36)23-38-22-27-16-18-28(33)19-17-27)30(20-25-8-4-2-5-9-25)32(37)34-29-10-6-3-7-11-29/h2,4-5,8-9,12-19,29-30H,3,6-7,10-11,20-23H2,1H3,(H,34,37). The van der Waals surface area contributed by atoms with Gasteiger partial charge in [0, 0.05) is 29.8 Å². The molecule has 3 aromatic rings. The smallest absolute Gasteiger partial charge is 0.243 e. The molecule has 200 valence electrons. The third kappa shape index (κ3) is 8.64. The Kier molecular flexibility index (Phi) is 10.7. The average Bonchev–Trinajstić information content (AvgIpc) is 2.94. The second kappa shape index (κ2) is 14.4. The SMILES string of the molecule is Cc1ccc(CN(C(=O)CSCc2ccc(Cl)cc2)C(Cc2ccccc2)C(=O)NC2CCCCC2)cc1. The summed E-state index contributed by atoms with van der Waals surface area (Å²) in [6, 6.07) is 25.5. The Labute approximate surface area is 236 Å². The first-order valence-corrected chi connectivity index (χ1v) is 15.0. The molecule has 38 heavy (non-hydrogen) atoms. The summed E-state index contributed by atoms with van der Waals surface area (Å²) < 4.78 is 0. The zero-order chi connectivity index (χ0) is 26.7. The van der Waals surface area contributed by atoms with Crippen molar-refractivity contribution >= 4 is 35.2 Å². The summed E-state index contributed by atoms with van der Waals surface area (Å²) in [5.74, 6) is 0.934. The molecule has 0 saturated heterocycles. The molecule has 4 nitrogen and oxygen atoms in total. The largest absolute Gasteiger partial charge is 0.352 e. The fraction of sp³-hybridized carbons (Fsp3) is 0.375. The molecule has 0 bridgehead atoms. The molecule has 1 fully saturated rings. The first-order valence-electron chi connectivity index (χ1n) is 13.5. The van der Waals surface area contributed by atoms with E-state index in [-0.39, 0.29) is 17.9 Å². The predicted molar refractivity (Wildman–Crippen MR) is 158 cm³/mol. The van der Waals surface area contributed by atoms with Gasteiger partial charge in [-0.3, -0.25) is 9.59 Å². The summed E-state index contributed by atoms with van der Waals surface area (Å²) in [6.07, 6.45) is 6.00. The van der Waals surface area contributed by atoms with Gasteiger partial charge in [-0.25, -0.2) is 0 Å². The molecule has 1 N–H and O–H groups in total. The van der Waals surface area contributed by atoms with Crippen LogP contribution in [0.4, 0.5) is 0 Å². The molecule has 2 amide bonds. The van der Waals surface area contributed by atoms with E-state index in [9.17, 15) is 9.59 Å². The number of rotatable bonds is 11. The number of benzene rings is 3. The maximum atomic E-state index is 13.8. The number of amides is 2. The second-order valence-electron chi connectivity index (χ2n) is 10.2. The average molecular weight is 549 g/mol. The van der Waals surface area contributed by atoms with Gasteiger partial charge in [0.25, 0.3) is 0 Å². The molecule has 1 aliphatic carbocycles. The lowest BCUT2D eigenvalue weighted by Gasteiger charge is -2.33. The number of aryl methyl sites for hydroxylation is 1. The minimum Gasteiger partial charge on any atom is -0.352 e. The first kappa shape index (κ1) is 28.3. The number of carbonyl (C=O) groups excluding carboxylic acids is 2. The summed E-state index contributed by atoms with van der Waals surface area (Å²) in [7, 11) is 0. The van der Waals surface area contributed by atoms with E-state index in [2.05, 4.69) is 36.5 Å². The first-order chi connectivity index (χ1) is 18.5. The van der Waals surface area contributed by atoms with Gasteiger partial charge >= 0.3 is 0 Å². The monoisotopic (exact) mass is 548 g/mol. The van der Waals surface area contributed by atoms with Crippen molar-refractivity contribution in [3.8, 4) is 0 Å². The van der Waals surface area contributed by atoms with Crippen LogP contribution in [0, 0.1) is 6.92 Å². The second-order valence-corrected chi connectivity index (χ2v) is 11.6. The van der Waals surface area contributed by atoms with E-state index < -0.39 is 6.04 Å². The van der Waals surface area contributed by atoms with Crippen LogP contribution in [-0.2, 0) is 28.3 Å². The zero-order valence-corrected chi connectivity index (χ0v) is 23.6. The van der Waals surface area contributed by atoms with Crippen molar-refractivity contribution in [1.29, 1.82) is 0 Å². The summed E-state index contributed by atoms with van der Waals surface area (Å²) in [5.41, 5.74) is 4.36. The van der Waals surface area contributed by atoms with Crippen LogP contribution in [0.25, 0.3) is 0 Å². The van der Waals surface area contributed by atoms with Crippen LogP contribution in [-0.4, -0.2) is 34.6 Å². The topological polar surface area (TPSA) is 49.4 Å². The van der Waals surface area contributed by atoms with Gasteiger partial charge in [-0.15, -0.1) is 11.8 Å². The normalized spacial score (nSPS) is 14.6. The van der Waals surface area contributed by atoms with Crippen LogP contribution in [0.3, 0.4) is 0 Å². The molecular formula is C32H37ClN2O2S. The van der Waals surface area contributed by atoms with Crippen LogP contribution in [0.2, 0.25) is 5.02 Å². The highest BCUT2D eigenvalue weighted by Gasteiger charge is 2.31. The van der Waals surface area contributed by atoms with Gasteiger partial charge in [0.1, 0.15) is 6.04 Å². The molecular weight excluding hydrogens is 512 g/mol. The summed E-state index contributed by atoms with van der Waals surface area (Å²) in [6.45, 7) is 2.45. The van der Waals surface area contributed by atoms with Crippen LogP contribution in [0.1, 0.15) is 54.4 Å². The number of thioether (sulfide) groups is 1. The Morgan fingerprint density at radius 3 is 2.24 bits per heavy atom. The van der Waals surface area contributed by atoms with Crippen LogP contribution < -0.4 is 5.32 Å². The number of carbonyl (C=O) groups is 2. The summed E-state index contributed by atoms with van der Waals surface area (Å²) in [5, 5.41) is 4.01. The number of nitrogens with one attached hydrogen (secondary N) is 1. The number of hydrogen-bond acceptors (Lipinski definition) is 3. The Hall–Kier alpha value is -2.76. The lowest BCUT2D eigenvalue weighted by atomic mass is 9.94.